The first kappa shape index (κ1) is 17.7. The van der Waals surface area contributed by atoms with Crippen LogP contribution in [-0.4, -0.2) is 61.5 Å². The number of ether oxygens (including phenoxy) is 1. The zero-order valence-corrected chi connectivity index (χ0v) is 14.7. The van der Waals surface area contributed by atoms with Crippen LogP contribution in [0.5, 0.6) is 0 Å². The predicted molar refractivity (Wildman–Crippen MR) is 90.4 cm³/mol. The lowest BCUT2D eigenvalue weighted by Crippen LogP contribution is -2.51. The summed E-state index contributed by atoms with van der Waals surface area (Å²) in [4.78, 5) is 40.7. The van der Waals surface area contributed by atoms with Crippen molar-refractivity contribution in [1.82, 2.24) is 9.80 Å². The van der Waals surface area contributed by atoms with E-state index in [2.05, 4.69) is 0 Å². The Morgan fingerprint density at radius 2 is 2.08 bits per heavy atom. The number of methoxy groups -OCH3 is 1. The zero-order chi connectivity index (χ0) is 18.0. The van der Waals surface area contributed by atoms with E-state index < -0.39 is 5.41 Å². The van der Waals surface area contributed by atoms with Gasteiger partial charge in [0.15, 0.2) is 11.2 Å². The quantitative estimate of drug-likeness (QED) is 0.812. The van der Waals surface area contributed by atoms with Gasteiger partial charge < -0.3 is 19.0 Å². The lowest BCUT2D eigenvalue weighted by molar-refractivity contribution is -0.146. The third-order valence-electron chi connectivity index (χ3n) is 5.13. The SMILES string of the molecule is COCCN1CCCC2(CCN(C(=O)c3cc(=O)cc(C)o3)C2)C1=O. The molecule has 136 valence electrons. The maximum Gasteiger partial charge on any atom is 0.289 e. The molecule has 3 heterocycles. The van der Waals surface area contributed by atoms with Crippen molar-refractivity contribution in [3.63, 3.8) is 0 Å². The molecule has 1 aromatic rings. The number of hydrogen-bond acceptors (Lipinski definition) is 5. The molecule has 2 aliphatic heterocycles. The van der Waals surface area contributed by atoms with Crippen molar-refractivity contribution in [2.45, 2.75) is 26.2 Å². The van der Waals surface area contributed by atoms with Gasteiger partial charge in [-0.3, -0.25) is 14.4 Å². The fourth-order valence-electron chi connectivity index (χ4n) is 3.86. The molecule has 3 rings (SSSR count). The van der Waals surface area contributed by atoms with Gasteiger partial charge in [-0.05, 0) is 26.2 Å². The van der Waals surface area contributed by atoms with Gasteiger partial charge in [0.25, 0.3) is 5.91 Å². The molecule has 0 aromatic carbocycles. The molecule has 2 aliphatic rings. The molecule has 1 atom stereocenters. The molecule has 7 heteroatoms. The van der Waals surface area contributed by atoms with Crippen LogP contribution in [0, 0.1) is 12.3 Å². The standard InChI is InChI=1S/C18H24N2O5/c1-13-10-14(21)11-15(25-13)16(22)20-7-5-18(12-20)4-3-6-19(17(18)23)8-9-24-2/h10-11H,3-9,12H2,1-2H3. The molecular formula is C18H24N2O5. The number of piperidine rings is 1. The Morgan fingerprint density at radius 1 is 1.28 bits per heavy atom. The third kappa shape index (κ3) is 3.46. The molecular weight excluding hydrogens is 324 g/mol. The molecule has 0 bridgehead atoms. The third-order valence-corrected chi connectivity index (χ3v) is 5.13. The normalized spacial score (nSPS) is 23.5. The molecule has 1 aromatic heterocycles. The molecule has 1 unspecified atom stereocenters. The Morgan fingerprint density at radius 3 is 2.80 bits per heavy atom. The van der Waals surface area contributed by atoms with E-state index in [9.17, 15) is 14.4 Å². The summed E-state index contributed by atoms with van der Waals surface area (Å²) in [5.74, 6) is 0.238. The minimum Gasteiger partial charge on any atom is -0.456 e. The molecule has 1 spiro atoms. The number of nitrogens with zero attached hydrogens (tertiary/aromatic N) is 2. The highest BCUT2D eigenvalue weighted by molar-refractivity contribution is 5.93. The van der Waals surface area contributed by atoms with Crippen LogP contribution in [0.15, 0.2) is 21.3 Å². The van der Waals surface area contributed by atoms with Gasteiger partial charge in [-0.15, -0.1) is 0 Å². The van der Waals surface area contributed by atoms with Gasteiger partial charge in [-0.1, -0.05) is 0 Å². The first-order chi connectivity index (χ1) is 11.9. The van der Waals surface area contributed by atoms with Gasteiger partial charge in [0, 0.05) is 45.4 Å². The summed E-state index contributed by atoms with van der Waals surface area (Å²) >= 11 is 0. The lowest BCUT2D eigenvalue weighted by Gasteiger charge is -2.39. The second-order valence-electron chi connectivity index (χ2n) is 6.91. The number of likely N-dealkylation sites (tertiary alicyclic amines) is 2. The monoisotopic (exact) mass is 348 g/mol. The first-order valence-electron chi connectivity index (χ1n) is 8.65. The summed E-state index contributed by atoms with van der Waals surface area (Å²) in [6.07, 6.45) is 2.37. The minimum atomic E-state index is -0.508. The van der Waals surface area contributed by atoms with E-state index in [1.807, 2.05) is 4.90 Å². The number of hydrogen-bond donors (Lipinski definition) is 0. The van der Waals surface area contributed by atoms with Crippen molar-refractivity contribution < 1.29 is 18.7 Å². The van der Waals surface area contributed by atoms with Crippen LogP contribution in [0.25, 0.3) is 0 Å². The summed E-state index contributed by atoms with van der Waals surface area (Å²) < 4.78 is 10.5. The van der Waals surface area contributed by atoms with Crippen LogP contribution in [0.1, 0.15) is 35.6 Å². The average molecular weight is 348 g/mol. The molecule has 7 nitrogen and oxygen atoms in total. The van der Waals surface area contributed by atoms with Gasteiger partial charge in [0.1, 0.15) is 5.76 Å². The maximum absolute atomic E-state index is 12.9. The van der Waals surface area contributed by atoms with Crippen molar-refractivity contribution in [3.8, 4) is 0 Å². The number of amides is 2. The predicted octanol–water partition coefficient (Wildman–Crippen LogP) is 1.05. The average Bonchev–Trinajstić information content (AvgIpc) is 3.00. The Kier molecular flexibility index (Phi) is 4.94. The highest BCUT2D eigenvalue weighted by atomic mass is 16.5. The number of rotatable bonds is 4. The lowest BCUT2D eigenvalue weighted by atomic mass is 9.78. The Labute approximate surface area is 146 Å². The van der Waals surface area contributed by atoms with E-state index in [1.165, 1.54) is 12.1 Å². The fraction of sp³-hybridized carbons (Fsp3) is 0.611. The molecule has 2 amide bonds. The highest BCUT2D eigenvalue weighted by Crippen LogP contribution is 2.40. The molecule has 2 saturated heterocycles. The minimum absolute atomic E-state index is 0.0431. The van der Waals surface area contributed by atoms with Crippen LogP contribution >= 0.6 is 0 Å². The summed E-state index contributed by atoms with van der Waals surface area (Å²) in [6, 6.07) is 2.56. The molecule has 25 heavy (non-hydrogen) atoms. The van der Waals surface area contributed by atoms with E-state index in [4.69, 9.17) is 9.15 Å². The van der Waals surface area contributed by atoms with Crippen molar-refractivity contribution >= 4 is 11.8 Å². The molecule has 2 fully saturated rings. The smallest absolute Gasteiger partial charge is 0.289 e. The van der Waals surface area contributed by atoms with Gasteiger partial charge in [-0.25, -0.2) is 0 Å². The summed E-state index contributed by atoms with van der Waals surface area (Å²) in [5, 5.41) is 0. The van der Waals surface area contributed by atoms with Crippen LogP contribution in [0.2, 0.25) is 0 Å². The Bertz CT molecular complexity index is 728. The van der Waals surface area contributed by atoms with E-state index in [1.54, 1.807) is 18.9 Å². The fourth-order valence-corrected chi connectivity index (χ4v) is 3.86. The van der Waals surface area contributed by atoms with Crippen LogP contribution in [0.3, 0.4) is 0 Å². The number of carbonyl (C=O) groups is 2. The second-order valence-corrected chi connectivity index (χ2v) is 6.91. The van der Waals surface area contributed by atoms with Gasteiger partial charge in [0.05, 0.1) is 12.0 Å². The van der Waals surface area contributed by atoms with Crippen LogP contribution in [0.4, 0.5) is 0 Å². The van der Waals surface area contributed by atoms with Crippen LogP contribution in [-0.2, 0) is 9.53 Å². The summed E-state index contributed by atoms with van der Waals surface area (Å²) in [7, 11) is 1.62. The summed E-state index contributed by atoms with van der Waals surface area (Å²) in [5.41, 5.74) is -0.758. The molecule has 0 N–H and O–H groups in total. The number of aryl methyl sites for hydroxylation is 1. The van der Waals surface area contributed by atoms with E-state index >= 15 is 0 Å². The Hall–Kier alpha value is -2.15. The van der Waals surface area contributed by atoms with Gasteiger partial charge >= 0.3 is 0 Å². The topological polar surface area (TPSA) is 80.1 Å². The van der Waals surface area contributed by atoms with Crippen LogP contribution < -0.4 is 5.43 Å². The van der Waals surface area contributed by atoms with Gasteiger partial charge in [0.2, 0.25) is 5.91 Å². The zero-order valence-electron chi connectivity index (χ0n) is 14.7. The maximum atomic E-state index is 12.9. The second kappa shape index (κ2) is 7.00. The van der Waals surface area contributed by atoms with Crippen molar-refractivity contribution in [1.29, 1.82) is 0 Å². The van der Waals surface area contributed by atoms with Crippen molar-refractivity contribution in [3.05, 3.63) is 33.9 Å². The van der Waals surface area contributed by atoms with E-state index in [0.29, 0.717) is 38.4 Å². The van der Waals surface area contributed by atoms with Crippen molar-refractivity contribution in [2.24, 2.45) is 5.41 Å². The molecule has 0 radical (unpaired) electrons. The Balaban J connectivity index is 1.74. The van der Waals surface area contributed by atoms with E-state index in [-0.39, 0.29) is 23.0 Å². The largest absolute Gasteiger partial charge is 0.456 e. The van der Waals surface area contributed by atoms with E-state index in [0.717, 1.165) is 19.4 Å². The first-order valence-corrected chi connectivity index (χ1v) is 8.65. The highest BCUT2D eigenvalue weighted by Gasteiger charge is 2.49. The molecule has 0 saturated carbocycles. The van der Waals surface area contributed by atoms with Gasteiger partial charge in [-0.2, -0.15) is 0 Å². The number of carbonyl (C=O) groups excluding carboxylic acids is 2. The summed E-state index contributed by atoms with van der Waals surface area (Å²) in [6.45, 7) is 4.36. The van der Waals surface area contributed by atoms with Crippen molar-refractivity contribution in [2.75, 3.05) is 39.9 Å². The molecule has 0 aliphatic carbocycles.